The van der Waals surface area contributed by atoms with Crippen LogP contribution in [-0.4, -0.2) is 26.7 Å². The maximum atomic E-state index is 13.3. The van der Waals surface area contributed by atoms with Gasteiger partial charge in [-0.1, -0.05) is 0 Å². The Balaban J connectivity index is 1.93. The van der Waals surface area contributed by atoms with E-state index in [-0.39, 0.29) is 22.0 Å². The number of aromatic nitrogens is 1. The van der Waals surface area contributed by atoms with Crippen LogP contribution in [0.4, 0.5) is 15.2 Å². The van der Waals surface area contributed by atoms with Crippen LogP contribution >= 0.6 is 11.3 Å². The summed E-state index contributed by atoms with van der Waals surface area (Å²) in [5.74, 6) is -2.81. The number of nitro groups is 1. The molecule has 0 saturated carbocycles. The van der Waals surface area contributed by atoms with Gasteiger partial charge in [-0.2, -0.15) is 0 Å². The number of anilines is 1. The number of ketones is 1. The summed E-state index contributed by atoms with van der Waals surface area (Å²) in [6.07, 6.45) is 0. The highest BCUT2D eigenvalue weighted by atomic mass is 32.1. The third-order valence-corrected chi connectivity index (χ3v) is 6.28. The van der Waals surface area contributed by atoms with E-state index < -0.39 is 34.2 Å². The number of aliphatic hydroxyl groups is 1. The monoisotopic (exact) mass is 453 g/mol. The highest BCUT2D eigenvalue weighted by Crippen LogP contribution is 2.43. The third kappa shape index (κ3) is 3.54. The number of Topliss-reactive ketones (excluding diaryl/α,β-unsaturated/α-hetero) is 1. The first kappa shape index (κ1) is 21.3. The summed E-state index contributed by atoms with van der Waals surface area (Å²) >= 11 is 1.22. The Bertz CT molecular complexity index is 1260. The van der Waals surface area contributed by atoms with Gasteiger partial charge in [0.05, 0.1) is 22.2 Å². The number of hydrogen-bond acceptors (Lipinski definition) is 7. The Morgan fingerprint density at radius 2 is 1.75 bits per heavy atom. The molecule has 2 heterocycles. The molecule has 1 aliphatic rings. The van der Waals surface area contributed by atoms with Crippen molar-refractivity contribution in [3.8, 4) is 0 Å². The fourth-order valence-electron chi connectivity index (χ4n) is 3.45. The van der Waals surface area contributed by atoms with Gasteiger partial charge in [-0.15, -0.1) is 11.3 Å². The maximum Gasteiger partial charge on any atom is 0.301 e. The lowest BCUT2D eigenvalue weighted by Gasteiger charge is -2.23. The van der Waals surface area contributed by atoms with E-state index in [1.807, 2.05) is 6.92 Å². The molecule has 3 aromatic rings. The highest BCUT2D eigenvalue weighted by molar-refractivity contribution is 7.16. The molecule has 1 aromatic heterocycles. The Kier molecular flexibility index (Phi) is 5.31. The van der Waals surface area contributed by atoms with Crippen LogP contribution in [0.3, 0.4) is 0 Å². The molecule has 1 saturated heterocycles. The number of benzene rings is 2. The van der Waals surface area contributed by atoms with E-state index in [9.17, 15) is 29.2 Å². The molecule has 10 heteroatoms. The van der Waals surface area contributed by atoms with Crippen LogP contribution < -0.4 is 4.90 Å². The molecule has 162 valence electrons. The lowest BCUT2D eigenvalue weighted by atomic mass is 9.95. The van der Waals surface area contributed by atoms with Crippen LogP contribution in [0.1, 0.15) is 27.7 Å². The molecule has 1 aliphatic heterocycles. The number of amides is 1. The molecule has 0 spiro atoms. The normalized spacial score (nSPS) is 17.7. The van der Waals surface area contributed by atoms with Gasteiger partial charge in [0.2, 0.25) is 0 Å². The van der Waals surface area contributed by atoms with Gasteiger partial charge < -0.3 is 5.11 Å². The Morgan fingerprint density at radius 3 is 2.28 bits per heavy atom. The number of aryl methyl sites for hydroxylation is 2. The van der Waals surface area contributed by atoms with Crippen molar-refractivity contribution >= 4 is 39.6 Å². The Labute approximate surface area is 185 Å². The largest absolute Gasteiger partial charge is 0.507 e. The fraction of sp³-hybridized carbons (Fsp3) is 0.136. The quantitative estimate of drug-likeness (QED) is 0.205. The fourth-order valence-corrected chi connectivity index (χ4v) is 4.38. The minimum Gasteiger partial charge on any atom is -0.507 e. The van der Waals surface area contributed by atoms with Crippen LogP contribution in [0.5, 0.6) is 0 Å². The topological polar surface area (TPSA) is 114 Å². The molecular weight excluding hydrogens is 437 g/mol. The molecule has 2 aromatic carbocycles. The predicted octanol–water partition coefficient (Wildman–Crippen LogP) is 4.43. The molecular formula is C22H16FN3O5S. The molecule has 1 atom stereocenters. The van der Waals surface area contributed by atoms with Gasteiger partial charge in [0.1, 0.15) is 11.6 Å². The first-order valence-corrected chi connectivity index (χ1v) is 10.3. The van der Waals surface area contributed by atoms with Crippen molar-refractivity contribution < 1.29 is 24.0 Å². The van der Waals surface area contributed by atoms with Crippen molar-refractivity contribution in [2.24, 2.45) is 0 Å². The number of thiazole rings is 1. The second-order valence-corrected chi connectivity index (χ2v) is 8.34. The number of hydrogen-bond donors (Lipinski definition) is 1. The Morgan fingerprint density at radius 1 is 1.12 bits per heavy atom. The number of carbonyl (C=O) groups excluding carboxylic acids is 2. The summed E-state index contributed by atoms with van der Waals surface area (Å²) in [5, 5.41) is 22.2. The van der Waals surface area contributed by atoms with E-state index in [0.29, 0.717) is 11.3 Å². The molecule has 1 fully saturated rings. The van der Waals surface area contributed by atoms with E-state index in [4.69, 9.17) is 0 Å². The molecule has 1 N–H and O–H groups in total. The van der Waals surface area contributed by atoms with E-state index in [1.54, 1.807) is 6.92 Å². The molecule has 0 unspecified atom stereocenters. The van der Waals surface area contributed by atoms with Crippen molar-refractivity contribution in [1.29, 1.82) is 0 Å². The summed E-state index contributed by atoms with van der Waals surface area (Å²) < 4.78 is 13.3. The van der Waals surface area contributed by atoms with E-state index in [0.717, 1.165) is 17.0 Å². The molecule has 1 amide bonds. The summed E-state index contributed by atoms with van der Waals surface area (Å²) in [6.45, 7) is 3.60. The van der Waals surface area contributed by atoms with E-state index >= 15 is 0 Å². The van der Waals surface area contributed by atoms with Gasteiger partial charge >= 0.3 is 5.91 Å². The number of nitro benzene ring substituents is 1. The zero-order valence-electron chi connectivity index (χ0n) is 16.9. The predicted molar refractivity (Wildman–Crippen MR) is 116 cm³/mol. The van der Waals surface area contributed by atoms with Crippen molar-refractivity contribution in [3.63, 3.8) is 0 Å². The molecule has 32 heavy (non-hydrogen) atoms. The molecule has 8 nitrogen and oxygen atoms in total. The van der Waals surface area contributed by atoms with Gasteiger partial charge in [0, 0.05) is 22.6 Å². The zero-order chi connectivity index (χ0) is 23.2. The van der Waals surface area contributed by atoms with Crippen LogP contribution in [0.2, 0.25) is 0 Å². The standard InChI is InChI=1S/C22H16FN3O5S/c1-11-12(2)32-22(24-11)25-18(13-5-9-16(10-6-13)26(30)31)17(20(28)21(25)29)19(27)14-3-7-15(23)8-4-14/h3-10,18,27H,1-2H3/b19-17+/t18-/m1/s1. The first-order valence-electron chi connectivity index (χ1n) is 9.44. The highest BCUT2D eigenvalue weighted by Gasteiger charge is 2.48. The summed E-state index contributed by atoms with van der Waals surface area (Å²) in [6, 6.07) is 9.13. The number of rotatable bonds is 4. The number of non-ortho nitro benzene ring substituents is 1. The summed E-state index contributed by atoms with van der Waals surface area (Å²) in [4.78, 5) is 42.9. The second-order valence-electron chi connectivity index (χ2n) is 7.16. The first-order chi connectivity index (χ1) is 15.2. The van der Waals surface area contributed by atoms with Gasteiger partial charge in [-0.05, 0) is 55.8 Å². The van der Waals surface area contributed by atoms with Gasteiger partial charge in [-0.25, -0.2) is 9.37 Å². The average molecular weight is 453 g/mol. The van der Waals surface area contributed by atoms with Crippen molar-refractivity contribution in [3.05, 3.63) is 91.7 Å². The zero-order valence-corrected chi connectivity index (χ0v) is 17.7. The minimum absolute atomic E-state index is 0.155. The van der Waals surface area contributed by atoms with Crippen LogP contribution in [0.15, 0.2) is 54.1 Å². The molecule has 0 radical (unpaired) electrons. The van der Waals surface area contributed by atoms with E-state index in [2.05, 4.69) is 4.98 Å². The average Bonchev–Trinajstić information content (AvgIpc) is 3.23. The molecule has 4 rings (SSSR count). The number of nitrogens with zero attached hydrogens (tertiary/aromatic N) is 3. The molecule has 0 aliphatic carbocycles. The van der Waals surface area contributed by atoms with E-state index in [1.165, 1.54) is 52.6 Å². The van der Waals surface area contributed by atoms with Crippen molar-refractivity contribution in [2.45, 2.75) is 19.9 Å². The smallest absolute Gasteiger partial charge is 0.301 e. The minimum atomic E-state index is -1.06. The molecule has 0 bridgehead atoms. The Hall–Kier alpha value is -3.92. The summed E-state index contributed by atoms with van der Waals surface area (Å²) in [5.41, 5.74) is 0.853. The number of aliphatic hydroxyl groups excluding tert-OH is 1. The third-order valence-electron chi connectivity index (χ3n) is 5.21. The van der Waals surface area contributed by atoms with Gasteiger partial charge in [0.25, 0.3) is 11.5 Å². The van der Waals surface area contributed by atoms with Crippen LogP contribution in [-0.2, 0) is 9.59 Å². The second kappa shape index (κ2) is 7.97. The van der Waals surface area contributed by atoms with Crippen molar-refractivity contribution in [2.75, 3.05) is 4.90 Å². The summed E-state index contributed by atoms with van der Waals surface area (Å²) in [7, 11) is 0. The number of halogens is 1. The lowest BCUT2D eigenvalue weighted by molar-refractivity contribution is -0.384. The SMILES string of the molecule is Cc1nc(N2C(=O)C(=O)/C(=C(/O)c3ccc(F)cc3)[C@H]2c2ccc([N+](=O)[O-])cc2)sc1C. The van der Waals surface area contributed by atoms with Crippen LogP contribution in [0.25, 0.3) is 5.76 Å². The van der Waals surface area contributed by atoms with Crippen LogP contribution in [0, 0.1) is 29.8 Å². The van der Waals surface area contributed by atoms with Gasteiger partial charge in [0.15, 0.2) is 5.13 Å². The lowest BCUT2D eigenvalue weighted by Crippen LogP contribution is -2.29. The van der Waals surface area contributed by atoms with Crippen molar-refractivity contribution in [1.82, 2.24) is 4.98 Å². The maximum absolute atomic E-state index is 13.3. The van der Waals surface area contributed by atoms with Gasteiger partial charge in [-0.3, -0.25) is 24.6 Å². The number of carbonyl (C=O) groups is 2.